The van der Waals surface area contributed by atoms with Crippen LogP contribution in [-0.4, -0.2) is 20.7 Å². The van der Waals surface area contributed by atoms with Crippen LogP contribution in [0.1, 0.15) is 21.7 Å². The molecule has 3 aromatic rings. The molecule has 5 N–H and O–H groups in total. The maximum absolute atomic E-state index is 11.4. The molecule has 0 unspecified atom stereocenters. The minimum atomic E-state index is -0.589. The molecule has 22 heavy (non-hydrogen) atoms. The molecule has 110 valence electrons. The van der Waals surface area contributed by atoms with Gasteiger partial charge in [0.25, 0.3) is 5.91 Å². The monoisotopic (exact) mass is 293 g/mol. The van der Waals surface area contributed by atoms with Gasteiger partial charge in [0.2, 0.25) is 5.82 Å². The van der Waals surface area contributed by atoms with Gasteiger partial charge in [-0.15, -0.1) is 10.2 Å². The quantitative estimate of drug-likeness (QED) is 0.589. The maximum Gasteiger partial charge on any atom is 0.287 e. The first kappa shape index (κ1) is 14.0. The van der Waals surface area contributed by atoms with Crippen LogP contribution in [0, 0.1) is 0 Å². The van der Waals surface area contributed by atoms with Crippen LogP contribution < -0.4 is 11.9 Å². The van der Waals surface area contributed by atoms with Crippen molar-refractivity contribution in [3.8, 4) is 16.8 Å². The van der Waals surface area contributed by atoms with Crippen molar-refractivity contribution in [2.24, 2.45) is 5.73 Å². The van der Waals surface area contributed by atoms with Crippen LogP contribution in [0.2, 0.25) is 0 Å². The minimum Gasteiger partial charge on any atom is -0.363 e. The zero-order valence-electron chi connectivity index (χ0n) is 11.9. The number of carbonyl (C=O) groups is 1. The van der Waals surface area contributed by atoms with Crippen molar-refractivity contribution in [1.29, 1.82) is 0 Å². The van der Waals surface area contributed by atoms with E-state index in [-0.39, 0.29) is 12.0 Å². The Kier molecular flexibility index (Phi) is 3.23. The SMILES string of the molecule is N.NC(=O)c1nncn1-c1ccc2c(c1)-c1ccccc1C2. The van der Waals surface area contributed by atoms with Gasteiger partial charge in [0, 0.05) is 5.69 Å². The lowest BCUT2D eigenvalue weighted by Crippen LogP contribution is -2.17. The number of rotatable bonds is 2. The third-order valence-corrected chi connectivity index (χ3v) is 3.83. The van der Waals surface area contributed by atoms with Crippen molar-refractivity contribution in [3.63, 3.8) is 0 Å². The lowest BCUT2D eigenvalue weighted by atomic mass is 10.1. The van der Waals surface area contributed by atoms with Gasteiger partial charge >= 0.3 is 0 Å². The largest absolute Gasteiger partial charge is 0.363 e. The van der Waals surface area contributed by atoms with Gasteiger partial charge in [-0.3, -0.25) is 9.36 Å². The Hall–Kier alpha value is -2.99. The van der Waals surface area contributed by atoms with Crippen molar-refractivity contribution in [1.82, 2.24) is 20.9 Å². The summed E-state index contributed by atoms with van der Waals surface area (Å²) in [7, 11) is 0. The molecule has 0 bridgehead atoms. The summed E-state index contributed by atoms with van der Waals surface area (Å²) in [6.07, 6.45) is 2.44. The highest BCUT2D eigenvalue weighted by atomic mass is 16.1. The van der Waals surface area contributed by atoms with E-state index < -0.39 is 5.91 Å². The molecule has 6 heteroatoms. The van der Waals surface area contributed by atoms with Crippen LogP contribution in [0.4, 0.5) is 0 Å². The van der Waals surface area contributed by atoms with E-state index in [1.54, 1.807) is 4.57 Å². The van der Waals surface area contributed by atoms with Crippen LogP contribution in [0.3, 0.4) is 0 Å². The smallest absolute Gasteiger partial charge is 0.287 e. The molecule has 0 atom stereocenters. The summed E-state index contributed by atoms with van der Waals surface area (Å²) < 4.78 is 1.61. The molecule has 4 rings (SSSR count). The number of amides is 1. The van der Waals surface area contributed by atoms with Crippen molar-refractivity contribution in [3.05, 3.63) is 65.7 Å². The van der Waals surface area contributed by atoms with Crippen molar-refractivity contribution in [2.75, 3.05) is 0 Å². The number of benzene rings is 2. The Balaban J connectivity index is 0.00000144. The van der Waals surface area contributed by atoms with E-state index in [1.807, 2.05) is 12.1 Å². The third kappa shape index (κ3) is 1.97. The van der Waals surface area contributed by atoms with Gasteiger partial charge in [-0.1, -0.05) is 30.3 Å². The van der Waals surface area contributed by atoms with Crippen LogP contribution in [0.5, 0.6) is 0 Å². The summed E-state index contributed by atoms with van der Waals surface area (Å²) in [5.41, 5.74) is 11.2. The standard InChI is InChI=1S/C16H12N4O.H3N/c17-15(21)16-19-18-9-20(16)12-6-5-11-7-10-3-1-2-4-13(10)14(11)8-12;/h1-6,8-9H,7H2,(H2,17,21);1H3. The number of nitrogens with two attached hydrogens (primary N) is 1. The Bertz CT molecular complexity index is 868. The molecule has 1 aromatic heterocycles. The Morgan fingerprint density at radius 1 is 1.09 bits per heavy atom. The molecule has 6 nitrogen and oxygen atoms in total. The van der Waals surface area contributed by atoms with Crippen LogP contribution in [0.25, 0.3) is 16.8 Å². The first-order valence-electron chi connectivity index (χ1n) is 6.65. The molecular formula is C16H15N5O. The van der Waals surface area contributed by atoms with Gasteiger partial charge in [0.1, 0.15) is 6.33 Å². The molecule has 0 radical (unpaired) electrons. The number of carbonyl (C=O) groups excluding carboxylic acids is 1. The summed E-state index contributed by atoms with van der Waals surface area (Å²) >= 11 is 0. The zero-order chi connectivity index (χ0) is 14.4. The Labute approximate surface area is 127 Å². The van der Waals surface area contributed by atoms with Crippen LogP contribution >= 0.6 is 0 Å². The second-order valence-corrected chi connectivity index (χ2v) is 5.06. The van der Waals surface area contributed by atoms with E-state index in [1.165, 1.54) is 28.6 Å². The maximum atomic E-state index is 11.4. The topological polar surface area (TPSA) is 109 Å². The predicted octanol–water partition coefficient (Wildman–Crippen LogP) is 2.10. The summed E-state index contributed by atoms with van der Waals surface area (Å²) in [5, 5.41) is 7.54. The van der Waals surface area contributed by atoms with Gasteiger partial charge in [-0.25, -0.2) is 0 Å². The molecule has 0 fully saturated rings. The molecule has 0 saturated heterocycles. The number of primary amides is 1. The second-order valence-electron chi connectivity index (χ2n) is 5.06. The molecule has 0 spiro atoms. The van der Waals surface area contributed by atoms with Crippen molar-refractivity contribution >= 4 is 5.91 Å². The van der Waals surface area contributed by atoms with E-state index in [2.05, 4.69) is 40.5 Å². The molecule has 1 heterocycles. The highest BCUT2D eigenvalue weighted by Crippen LogP contribution is 2.37. The normalized spacial score (nSPS) is 11.5. The first-order valence-corrected chi connectivity index (χ1v) is 6.65. The molecule has 0 saturated carbocycles. The number of aromatic nitrogens is 3. The fourth-order valence-electron chi connectivity index (χ4n) is 2.85. The number of hydrogen-bond acceptors (Lipinski definition) is 4. The average molecular weight is 293 g/mol. The lowest BCUT2D eigenvalue weighted by molar-refractivity contribution is 0.0988. The van der Waals surface area contributed by atoms with E-state index in [4.69, 9.17) is 5.73 Å². The molecule has 0 aliphatic heterocycles. The van der Waals surface area contributed by atoms with Gasteiger partial charge in [-0.05, 0) is 40.8 Å². The van der Waals surface area contributed by atoms with Crippen molar-refractivity contribution in [2.45, 2.75) is 6.42 Å². The lowest BCUT2D eigenvalue weighted by Gasteiger charge is -2.07. The fraction of sp³-hybridized carbons (Fsp3) is 0.0625. The summed E-state index contributed by atoms with van der Waals surface area (Å²) in [5.74, 6) is -0.449. The molecule has 1 amide bonds. The van der Waals surface area contributed by atoms with Gasteiger partial charge in [-0.2, -0.15) is 0 Å². The third-order valence-electron chi connectivity index (χ3n) is 3.83. The number of hydrogen-bond donors (Lipinski definition) is 2. The highest BCUT2D eigenvalue weighted by Gasteiger charge is 2.19. The first-order chi connectivity index (χ1) is 10.2. The average Bonchev–Trinajstić information content (AvgIpc) is 3.11. The number of nitrogens with zero attached hydrogens (tertiary/aromatic N) is 3. The van der Waals surface area contributed by atoms with Crippen LogP contribution in [-0.2, 0) is 6.42 Å². The fourth-order valence-corrected chi connectivity index (χ4v) is 2.85. The second kappa shape index (κ2) is 5.09. The molecule has 2 aromatic carbocycles. The van der Waals surface area contributed by atoms with Crippen LogP contribution in [0.15, 0.2) is 48.8 Å². The highest BCUT2D eigenvalue weighted by molar-refractivity contribution is 5.89. The molecule has 1 aliphatic rings. The van der Waals surface area contributed by atoms with Gasteiger partial charge < -0.3 is 11.9 Å². The zero-order valence-corrected chi connectivity index (χ0v) is 11.9. The van der Waals surface area contributed by atoms with E-state index in [0.29, 0.717) is 0 Å². The molecule has 1 aliphatic carbocycles. The predicted molar refractivity (Wildman–Crippen MR) is 83.1 cm³/mol. The van der Waals surface area contributed by atoms with E-state index in [9.17, 15) is 4.79 Å². The van der Waals surface area contributed by atoms with Crippen molar-refractivity contribution < 1.29 is 4.79 Å². The minimum absolute atomic E-state index is 0. The molecular weight excluding hydrogens is 278 g/mol. The Morgan fingerprint density at radius 2 is 1.86 bits per heavy atom. The summed E-state index contributed by atoms with van der Waals surface area (Å²) in [4.78, 5) is 11.4. The van der Waals surface area contributed by atoms with Gasteiger partial charge in [0.05, 0.1) is 0 Å². The summed E-state index contributed by atoms with van der Waals surface area (Å²) in [6, 6.07) is 14.4. The number of fused-ring (bicyclic) bond motifs is 3. The van der Waals surface area contributed by atoms with E-state index in [0.717, 1.165) is 12.1 Å². The van der Waals surface area contributed by atoms with Gasteiger partial charge in [0.15, 0.2) is 0 Å². The Morgan fingerprint density at radius 3 is 2.68 bits per heavy atom. The summed E-state index contributed by atoms with van der Waals surface area (Å²) in [6.45, 7) is 0. The van der Waals surface area contributed by atoms with E-state index >= 15 is 0 Å².